The van der Waals surface area contributed by atoms with Crippen molar-refractivity contribution < 1.29 is 14.4 Å². The van der Waals surface area contributed by atoms with Crippen LogP contribution in [-0.4, -0.2) is 27.1 Å². The quantitative estimate of drug-likeness (QED) is 0.267. The summed E-state index contributed by atoms with van der Waals surface area (Å²) in [5, 5.41) is 0. The summed E-state index contributed by atoms with van der Waals surface area (Å²) in [4.78, 5) is 31.1. The van der Waals surface area contributed by atoms with Gasteiger partial charge in [0, 0.05) is 23.9 Å². The minimum atomic E-state index is -0.580. The number of rotatable bonds is 6. The van der Waals surface area contributed by atoms with Crippen molar-refractivity contribution >= 4 is 17.3 Å². The van der Waals surface area contributed by atoms with Gasteiger partial charge in [0.05, 0.1) is 0 Å². The van der Waals surface area contributed by atoms with E-state index in [0.29, 0.717) is 12.0 Å². The monoisotopic (exact) mass is 279 g/mol. The Morgan fingerprint density at radius 3 is 2.38 bits per heavy atom. The van der Waals surface area contributed by atoms with Gasteiger partial charge >= 0.3 is 5.71 Å². The SMILES string of the molecule is [N-]=[N+]=C(C(=O)CCc1ccccn1)C(=O)c1ccccc1. The predicted molar refractivity (Wildman–Crippen MR) is 77.0 cm³/mol. The van der Waals surface area contributed by atoms with Crippen molar-refractivity contribution in [3.8, 4) is 0 Å². The van der Waals surface area contributed by atoms with E-state index in [1.807, 2.05) is 6.07 Å². The van der Waals surface area contributed by atoms with E-state index >= 15 is 0 Å². The first kappa shape index (κ1) is 14.5. The van der Waals surface area contributed by atoms with Gasteiger partial charge in [-0.2, -0.15) is 4.79 Å². The molecule has 1 heterocycles. The van der Waals surface area contributed by atoms with E-state index in [2.05, 4.69) is 9.77 Å². The third-order valence-corrected chi connectivity index (χ3v) is 2.95. The molecule has 5 heteroatoms. The standard InChI is InChI=1S/C16H13N3O2/c17-19-15(16(21)12-6-2-1-3-7-12)14(20)10-9-13-8-4-5-11-18-13/h1-8,11H,9-10H2. The molecule has 0 fully saturated rings. The summed E-state index contributed by atoms with van der Waals surface area (Å²) >= 11 is 0. The van der Waals surface area contributed by atoms with Crippen molar-refractivity contribution in [2.24, 2.45) is 0 Å². The third-order valence-electron chi connectivity index (χ3n) is 2.95. The Balaban J connectivity index is 2.06. The van der Waals surface area contributed by atoms with E-state index in [4.69, 9.17) is 5.53 Å². The first-order valence-electron chi connectivity index (χ1n) is 6.47. The highest BCUT2D eigenvalue weighted by atomic mass is 16.1. The molecule has 0 amide bonds. The lowest BCUT2D eigenvalue weighted by molar-refractivity contribution is -0.116. The molecule has 0 saturated carbocycles. The van der Waals surface area contributed by atoms with Crippen molar-refractivity contribution in [2.75, 3.05) is 0 Å². The summed E-state index contributed by atoms with van der Waals surface area (Å²) in [6, 6.07) is 13.7. The summed E-state index contributed by atoms with van der Waals surface area (Å²) in [5.41, 5.74) is 9.57. The molecule has 0 unspecified atom stereocenters. The maximum atomic E-state index is 12.1. The minimum absolute atomic E-state index is 0.0645. The fourth-order valence-electron chi connectivity index (χ4n) is 1.86. The topological polar surface area (TPSA) is 83.4 Å². The number of aromatic nitrogens is 1. The largest absolute Gasteiger partial charge is 0.405 e. The molecule has 21 heavy (non-hydrogen) atoms. The second-order valence-corrected chi connectivity index (χ2v) is 4.39. The number of carbonyl (C=O) groups excluding carboxylic acids is 2. The number of nitrogens with zero attached hydrogens (tertiary/aromatic N) is 3. The minimum Gasteiger partial charge on any atom is -0.360 e. The molecule has 0 aliphatic carbocycles. The molecule has 0 radical (unpaired) electrons. The van der Waals surface area contributed by atoms with Crippen LogP contribution in [0, 0.1) is 0 Å². The molecule has 0 bridgehead atoms. The van der Waals surface area contributed by atoms with E-state index in [1.54, 1.807) is 48.7 Å². The first-order valence-corrected chi connectivity index (χ1v) is 6.47. The maximum Gasteiger partial charge on any atom is 0.405 e. The van der Waals surface area contributed by atoms with Gasteiger partial charge in [0.25, 0.3) is 5.78 Å². The Labute approximate surface area is 121 Å². The summed E-state index contributed by atoms with van der Waals surface area (Å²) in [6.45, 7) is 0. The van der Waals surface area contributed by atoms with E-state index in [1.165, 1.54) is 0 Å². The second kappa shape index (κ2) is 7.03. The zero-order valence-electron chi connectivity index (χ0n) is 11.3. The number of benzene rings is 1. The van der Waals surface area contributed by atoms with Crippen LogP contribution in [0.4, 0.5) is 0 Å². The van der Waals surface area contributed by atoms with Crippen LogP contribution in [0.15, 0.2) is 54.7 Å². The molecule has 0 aliphatic rings. The molecule has 5 nitrogen and oxygen atoms in total. The van der Waals surface area contributed by atoms with Crippen LogP contribution in [0.1, 0.15) is 22.5 Å². The average Bonchev–Trinajstić information content (AvgIpc) is 2.55. The van der Waals surface area contributed by atoms with Gasteiger partial charge in [-0.05, 0) is 18.6 Å². The molecule has 1 aromatic carbocycles. The molecular weight excluding hydrogens is 266 g/mol. The van der Waals surface area contributed by atoms with Crippen molar-refractivity contribution in [1.82, 2.24) is 4.98 Å². The predicted octanol–water partition coefficient (Wildman–Crippen LogP) is 2.14. The lowest BCUT2D eigenvalue weighted by Crippen LogP contribution is -2.26. The van der Waals surface area contributed by atoms with E-state index < -0.39 is 17.3 Å². The van der Waals surface area contributed by atoms with Crippen LogP contribution in [0.3, 0.4) is 0 Å². The summed E-state index contributed by atoms with van der Waals surface area (Å²) < 4.78 is 0. The summed E-state index contributed by atoms with van der Waals surface area (Å²) in [5.74, 6) is -1.08. The van der Waals surface area contributed by atoms with Crippen LogP contribution < -0.4 is 0 Å². The Morgan fingerprint density at radius 1 is 1.05 bits per heavy atom. The fraction of sp³-hybridized carbons (Fsp3) is 0.125. The number of Topliss-reactive ketones (excluding diaryl/α,β-unsaturated/α-hetero) is 2. The van der Waals surface area contributed by atoms with Gasteiger partial charge in [-0.15, -0.1) is 0 Å². The van der Waals surface area contributed by atoms with Crippen LogP contribution in [0.25, 0.3) is 5.53 Å². The van der Waals surface area contributed by atoms with Crippen LogP contribution in [-0.2, 0) is 11.2 Å². The molecule has 1 aromatic heterocycles. The van der Waals surface area contributed by atoms with Gasteiger partial charge in [0.2, 0.25) is 5.78 Å². The lowest BCUT2D eigenvalue weighted by Gasteiger charge is -1.98. The van der Waals surface area contributed by atoms with Gasteiger partial charge in [-0.25, -0.2) is 0 Å². The van der Waals surface area contributed by atoms with Gasteiger partial charge in [0.1, 0.15) is 0 Å². The summed E-state index contributed by atoms with van der Waals surface area (Å²) in [6.07, 6.45) is 2.09. The highest BCUT2D eigenvalue weighted by molar-refractivity contribution is 6.67. The third kappa shape index (κ3) is 3.78. The Kier molecular flexibility index (Phi) is 4.85. The first-order chi connectivity index (χ1) is 10.2. The number of hydrogen-bond acceptors (Lipinski definition) is 3. The summed E-state index contributed by atoms with van der Waals surface area (Å²) in [7, 11) is 0. The van der Waals surface area contributed by atoms with Crippen LogP contribution in [0.2, 0.25) is 0 Å². The van der Waals surface area contributed by atoms with Gasteiger partial charge < -0.3 is 5.53 Å². The molecule has 0 N–H and O–H groups in total. The zero-order chi connectivity index (χ0) is 15.1. The molecule has 0 saturated heterocycles. The number of carbonyl (C=O) groups is 2. The smallest absolute Gasteiger partial charge is 0.360 e. The van der Waals surface area contributed by atoms with E-state index in [-0.39, 0.29) is 6.42 Å². The molecule has 2 aromatic rings. The van der Waals surface area contributed by atoms with Crippen molar-refractivity contribution in [3.05, 3.63) is 71.5 Å². The molecule has 2 rings (SSSR count). The van der Waals surface area contributed by atoms with Gasteiger partial charge in [-0.3, -0.25) is 14.6 Å². The molecule has 0 spiro atoms. The zero-order valence-corrected chi connectivity index (χ0v) is 11.3. The van der Waals surface area contributed by atoms with Crippen LogP contribution in [0.5, 0.6) is 0 Å². The second-order valence-electron chi connectivity index (χ2n) is 4.39. The lowest BCUT2D eigenvalue weighted by atomic mass is 10.0. The van der Waals surface area contributed by atoms with Gasteiger partial charge in [0.15, 0.2) is 0 Å². The maximum absolute atomic E-state index is 12.1. The average molecular weight is 279 g/mol. The molecule has 104 valence electrons. The number of ketones is 2. The van der Waals surface area contributed by atoms with Crippen molar-refractivity contribution in [3.63, 3.8) is 0 Å². The van der Waals surface area contributed by atoms with E-state index in [9.17, 15) is 9.59 Å². The highest BCUT2D eigenvalue weighted by Crippen LogP contribution is 2.04. The number of hydrogen-bond donors (Lipinski definition) is 0. The molecule has 0 aliphatic heterocycles. The Morgan fingerprint density at radius 2 is 1.76 bits per heavy atom. The number of aryl methyl sites for hydroxylation is 1. The number of pyridine rings is 1. The molecular formula is C16H13N3O2. The Bertz CT molecular complexity index is 690. The van der Waals surface area contributed by atoms with Crippen LogP contribution >= 0.6 is 0 Å². The Hall–Kier alpha value is -2.91. The van der Waals surface area contributed by atoms with Gasteiger partial charge in [-0.1, -0.05) is 36.4 Å². The molecule has 0 atom stereocenters. The van der Waals surface area contributed by atoms with E-state index in [0.717, 1.165) is 5.69 Å². The normalized spacial score (nSPS) is 9.71. The van der Waals surface area contributed by atoms with Crippen molar-refractivity contribution in [2.45, 2.75) is 12.8 Å². The van der Waals surface area contributed by atoms with Crippen molar-refractivity contribution in [1.29, 1.82) is 0 Å². The highest BCUT2D eigenvalue weighted by Gasteiger charge is 2.29. The fourth-order valence-corrected chi connectivity index (χ4v) is 1.86.